The zero-order valence-corrected chi connectivity index (χ0v) is 11.3. The van der Waals surface area contributed by atoms with E-state index in [0.717, 1.165) is 17.9 Å². The first kappa shape index (κ1) is 12.9. The van der Waals surface area contributed by atoms with Crippen LogP contribution in [-0.2, 0) is 10.0 Å². The summed E-state index contributed by atoms with van der Waals surface area (Å²) in [7, 11) is -3.03. The molecule has 0 bridgehead atoms. The van der Waals surface area contributed by atoms with Crippen LogP contribution in [0.3, 0.4) is 0 Å². The minimum Gasteiger partial charge on any atom is -0.213 e. The minimum absolute atomic E-state index is 0.449. The van der Waals surface area contributed by atoms with Gasteiger partial charge in [-0.2, -0.15) is 0 Å². The van der Waals surface area contributed by atoms with Crippen molar-refractivity contribution in [2.45, 2.75) is 18.8 Å². The van der Waals surface area contributed by atoms with E-state index >= 15 is 0 Å². The van der Waals surface area contributed by atoms with E-state index in [4.69, 9.17) is 11.6 Å². The van der Waals surface area contributed by atoms with Gasteiger partial charge in [0.25, 0.3) is 0 Å². The van der Waals surface area contributed by atoms with Gasteiger partial charge in [-0.1, -0.05) is 23.7 Å². The molecule has 2 rings (SSSR count). The normalized spacial score (nSPS) is 19.4. The second-order valence-electron chi connectivity index (χ2n) is 4.49. The molecule has 0 amide bonds. The standard InChI is InChI=1S/C12H16ClNO2S/c1-17(15,16)14-8-6-11(7-9-14)10-2-4-12(13)5-3-10/h2-5,11H,6-9H2,1H3. The quantitative estimate of drug-likeness (QED) is 0.830. The Balaban J connectivity index is 2.02. The fourth-order valence-corrected chi connectivity index (χ4v) is 3.26. The van der Waals surface area contributed by atoms with Crippen LogP contribution in [0.25, 0.3) is 0 Å². The zero-order chi connectivity index (χ0) is 12.5. The molecule has 0 saturated carbocycles. The van der Waals surface area contributed by atoms with Crippen LogP contribution < -0.4 is 0 Å². The Bertz CT molecular complexity index is 476. The fraction of sp³-hybridized carbons (Fsp3) is 0.500. The fourth-order valence-electron chi connectivity index (χ4n) is 2.26. The number of hydrogen-bond acceptors (Lipinski definition) is 2. The molecule has 1 aliphatic rings. The summed E-state index contributed by atoms with van der Waals surface area (Å²) in [5.41, 5.74) is 1.25. The van der Waals surface area contributed by atoms with E-state index in [1.165, 1.54) is 11.8 Å². The number of nitrogens with zero attached hydrogens (tertiary/aromatic N) is 1. The zero-order valence-electron chi connectivity index (χ0n) is 9.77. The van der Waals surface area contributed by atoms with Gasteiger partial charge in [0, 0.05) is 18.1 Å². The topological polar surface area (TPSA) is 37.4 Å². The summed E-state index contributed by atoms with van der Waals surface area (Å²) < 4.78 is 24.3. The van der Waals surface area contributed by atoms with Crippen molar-refractivity contribution in [3.05, 3.63) is 34.9 Å². The van der Waals surface area contributed by atoms with Gasteiger partial charge in [0.2, 0.25) is 10.0 Å². The summed E-state index contributed by atoms with van der Waals surface area (Å²) >= 11 is 5.85. The minimum atomic E-state index is -3.03. The average Bonchev–Trinajstić information content (AvgIpc) is 2.29. The maximum atomic E-state index is 11.4. The third-order valence-corrected chi connectivity index (χ3v) is 4.82. The molecule has 0 N–H and O–H groups in total. The molecule has 0 atom stereocenters. The molecule has 1 aliphatic heterocycles. The molecule has 94 valence electrons. The molecule has 1 aromatic rings. The lowest BCUT2D eigenvalue weighted by Gasteiger charge is -2.30. The third-order valence-electron chi connectivity index (χ3n) is 3.26. The van der Waals surface area contributed by atoms with Crippen molar-refractivity contribution in [2.75, 3.05) is 19.3 Å². The van der Waals surface area contributed by atoms with Crippen LogP contribution >= 0.6 is 11.6 Å². The molecule has 0 spiro atoms. The molecular weight excluding hydrogens is 258 g/mol. The lowest BCUT2D eigenvalue weighted by molar-refractivity contribution is 0.321. The second kappa shape index (κ2) is 4.96. The predicted molar refractivity (Wildman–Crippen MR) is 69.8 cm³/mol. The van der Waals surface area contributed by atoms with Gasteiger partial charge in [-0.25, -0.2) is 12.7 Å². The van der Waals surface area contributed by atoms with E-state index in [1.54, 1.807) is 4.31 Å². The monoisotopic (exact) mass is 273 g/mol. The summed E-state index contributed by atoms with van der Waals surface area (Å²) in [6.07, 6.45) is 3.04. The van der Waals surface area contributed by atoms with E-state index in [9.17, 15) is 8.42 Å². The van der Waals surface area contributed by atoms with Crippen molar-refractivity contribution in [2.24, 2.45) is 0 Å². The summed E-state index contributed by atoms with van der Waals surface area (Å²) in [4.78, 5) is 0. The van der Waals surface area contributed by atoms with Gasteiger partial charge in [-0.15, -0.1) is 0 Å². The predicted octanol–water partition coefficient (Wildman–Crippen LogP) is 2.48. The summed E-state index contributed by atoms with van der Waals surface area (Å²) in [6, 6.07) is 7.84. The Morgan fingerprint density at radius 1 is 1.18 bits per heavy atom. The Labute approximate surface area is 107 Å². The number of benzene rings is 1. The van der Waals surface area contributed by atoms with Gasteiger partial charge in [0.15, 0.2) is 0 Å². The SMILES string of the molecule is CS(=O)(=O)N1CCC(c2ccc(Cl)cc2)CC1. The molecule has 1 saturated heterocycles. The van der Waals surface area contributed by atoms with Crippen LogP contribution in [0, 0.1) is 0 Å². The molecule has 0 unspecified atom stereocenters. The highest BCUT2D eigenvalue weighted by molar-refractivity contribution is 7.88. The van der Waals surface area contributed by atoms with Crippen LogP contribution in [0.4, 0.5) is 0 Å². The van der Waals surface area contributed by atoms with E-state index in [2.05, 4.69) is 0 Å². The van der Waals surface area contributed by atoms with Gasteiger partial charge in [0.05, 0.1) is 6.26 Å². The number of hydrogen-bond donors (Lipinski definition) is 0. The largest absolute Gasteiger partial charge is 0.213 e. The lowest BCUT2D eigenvalue weighted by atomic mass is 9.90. The smallest absolute Gasteiger partial charge is 0.211 e. The van der Waals surface area contributed by atoms with Crippen molar-refractivity contribution in [3.8, 4) is 0 Å². The van der Waals surface area contributed by atoms with Gasteiger partial charge in [0.1, 0.15) is 0 Å². The first-order valence-corrected chi connectivity index (χ1v) is 7.90. The molecule has 1 heterocycles. The number of halogens is 1. The highest BCUT2D eigenvalue weighted by atomic mass is 35.5. The van der Waals surface area contributed by atoms with Gasteiger partial charge < -0.3 is 0 Å². The van der Waals surface area contributed by atoms with Crippen LogP contribution in [0.1, 0.15) is 24.3 Å². The van der Waals surface area contributed by atoms with E-state index < -0.39 is 10.0 Å². The first-order valence-electron chi connectivity index (χ1n) is 5.67. The molecule has 0 aliphatic carbocycles. The Morgan fingerprint density at radius 3 is 2.18 bits per heavy atom. The van der Waals surface area contributed by atoms with Crippen molar-refractivity contribution in [3.63, 3.8) is 0 Å². The number of sulfonamides is 1. The molecule has 0 aromatic heterocycles. The maximum Gasteiger partial charge on any atom is 0.211 e. The second-order valence-corrected chi connectivity index (χ2v) is 6.91. The van der Waals surface area contributed by atoms with Crippen LogP contribution in [-0.4, -0.2) is 32.1 Å². The van der Waals surface area contributed by atoms with Crippen LogP contribution in [0.2, 0.25) is 5.02 Å². The molecule has 1 fully saturated rings. The molecular formula is C12H16ClNO2S. The highest BCUT2D eigenvalue weighted by Crippen LogP contribution is 2.29. The molecule has 3 nitrogen and oxygen atoms in total. The van der Waals surface area contributed by atoms with Crippen molar-refractivity contribution >= 4 is 21.6 Å². The summed E-state index contributed by atoms with van der Waals surface area (Å²) in [6.45, 7) is 1.23. The summed E-state index contributed by atoms with van der Waals surface area (Å²) in [5, 5.41) is 0.738. The van der Waals surface area contributed by atoms with E-state index in [1.807, 2.05) is 24.3 Å². The average molecular weight is 274 g/mol. The van der Waals surface area contributed by atoms with E-state index in [0.29, 0.717) is 19.0 Å². The highest BCUT2D eigenvalue weighted by Gasteiger charge is 2.25. The molecule has 5 heteroatoms. The number of piperidine rings is 1. The van der Waals surface area contributed by atoms with Crippen LogP contribution in [0.15, 0.2) is 24.3 Å². The van der Waals surface area contributed by atoms with E-state index in [-0.39, 0.29) is 0 Å². The Hall–Kier alpha value is -0.580. The summed E-state index contributed by atoms with van der Waals surface area (Å²) in [5.74, 6) is 0.449. The third kappa shape index (κ3) is 3.21. The Morgan fingerprint density at radius 2 is 1.71 bits per heavy atom. The van der Waals surface area contributed by atoms with Gasteiger partial charge in [-0.3, -0.25) is 0 Å². The van der Waals surface area contributed by atoms with Crippen molar-refractivity contribution < 1.29 is 8.42 Å². The first-order chi connectivity index (χ1) is 7.97. The number of rotatable bonds is 2. The molecule has 1 aromatic carbocycles. The Kier molecular flexibility index (Phi) is 3.76. The molecule has 17 heavy (non-hydrogen) atoms. The maximum absolute atomic E-state index is 11.4. The van der Waals surface area contributed by atoms with Gasteiger partial charge in [-0.05, 0) is 36.5 Å². The van der Waals surface area contributed by atoms with Crippen molar-refractivity contribution in [1.82, 2.24) is 4.31 Å². The molecule has 0 radical (unpaired) electrons. The van der Waals surface area contributed by atoms with Gasteiger partial charge >= 0.3 is 0 Å². The lowest BCUT2D eigenvalue weighted by Crippen LogP contribution is -2.37. The van der Waals surface area contributed by atoms with Crippen LogP contribution in [0.5, 0.6) is 0 Å². The van der Waals surface area contributed by atoms with Crippen molar-refractivity contribution in [1.29, 1.82) is 0 Å².